The first kappa shape index (κ1) is 13.5. The number of nitrogens with zero attached hydrogens (tertiary/aromatic N) is 1. The molecule has 1 aromatic carbocycles. The molecule has 2 rings (SSSR count). The summed E-state index contributed by atoms with van der Waals surface area (Å²) in [4.78, 5) is 15.9. The highest BCUT2D eigenvalue weighted by Crippen LogP contribution is 2.18. The molecule has 0 radical (unpaired) electrons. The number of benzene rings is 1. The Morgan fingerprint density at radius 3 is 2.84 bits per heavy atom. The number of aromatic nitrogens is 1. The highest BCUT2D eigenvalue weighted by Gasteiger charge is 2.13. The lowest BCUT2D eigenvalue weighted by molar-refractivity contribution is 0.102. The Balaban J connectivity index is 2.25. The molecule has 4 nitrogen and oxygen atoms in total. The molecule has 0 aliphatic heterocycles. The number of carbonyl (C=O) groups is 1. The van der Waals surface area contributed by atoms with Crippen LogP contribution in [-0.4, -0.2) is 10.9 Å². The van der Waals surface area contributed by atoms with Gasteiger partial charge in [0.2, 0.25) is 0 Å². The topological polar surface area (TPSA) is 68.0 Å². The largest absolute Gasteiger partial charge is 0.399 e. The molecular weight excluding hydrogens is 313 g/mol. The molecule has 6 heteroatoms. The lowest BCUT2D eigenvalue weighted by Gasteiger charge is -2.07. The van der Waals surface area contributed by atoms with Crippen LogP contribution >= 0.6 is 15.9 Å². The van der Waals surface area contributed by atoms with Gasteiger partial charge in [-0.1, -0.05) is 0 Å². The molecule has 2 aromatic rings. The lowest BCUT2D eigenvalue weighted by atomic mass is 10.1. The lowest BCUT2D eigenvalue weighted by Crippen LogP contribution is -2.15. The van der Waals surface area contributed by atoms with Crippen molar-refractivity contribution in [2.24, 2.45) is 0 Å². The number of hydrogen-bond acceptors (Lipinski definition) is 3. The number of nitrogen functional groups attached to an aromatic ring is 1. The van der Waals surface area contributed by atoms with E-state index in [9.17, 15) is 9.18 Å². The Morgan fingerprint density at radius 1 is 1.42 bits per heavy atom. The number of aryl methyl sites for hydroxylation is 1. The molecule has 3 N–H and O–H groups in total. The summed E-state index contributed by atoms with van der Waals surface area (Å²) in [7, 11) is 0. The second-order valence-electron chi connectivity index (χ2n) is 4.01. The van der Waals surface area contributed by atoms with Crippen molar-refractivity contribution in [1.82, 2.24) is 4.98 Å². The van der Waals surface area contributed by atoms with E-state index in [1.165, 1.54) is 12.1 Å². The smallest absolute Gasteiger partial charge is 0.259 e. The summed E-state index contributed by atoms with van der Waals surface area (Å²) >= 11 is 3.31. The van der Waals surface area contributed by atoms with E-state index >= 15 is 0 Å². The summed E-state index contributed by atoms with van der Waals surface area (Å²) in [5.74, 6) is -0.855. The van der Waals surface area contributed by atoms with Gasteiger partial charge in [0.25, 0.3) is 5.91 Å². The summed E-state index contributed by atoms with van der Waals surface area (Å²) < 4.78 is 14.4. The van der Waals surface area contributed by atoms with Gasteiger partial charge in [-0.25, -0.2) is 9.37 Å². The van der Waals surface area contributed by atoms with Crippen LogP contribution in [0.4, 0.5) is 15.9 Å². The highest BCUT2D eigenvalue weighted by atomic mass is 79.9. The van der Waals surface area contributed by atoms with Crippen LogP contribution in [0, 0.1) is 12.7 Å². The van der Waals surface area contributed by atoms with Gasteiger partial charge >= 0.3 is 0 Å². The first-order chi connectivity index (χ1) is 8.97. The first-order valence-electron chi connectivity index (χ1n) is 5.46. The van der Waals surface area contributed by atoms with Crippen molar-refractivity contribution < 1.29 is 9.18 Å². The van der Waals surface area contributed by atoms with Gasteiger partial charge < -0.3 is 11.1 Å². The van der Waals surface area contributed by atoms with Crippen molar-refractivity contribution in [3.63, 3.8) is 0 Å². The number of carbonyl (C=O) groups excluding carboxylic acids is 1. The maximum Gasteiger partial charge on any atom is 0.259 e. The van der Waals surface area contributed by atoms with Crippen LogP contribution in [0.3, 0.4) is 0 Å². The van der Waals surface area contributed by atoms with Crippen molar-refractivity contribution in [1.29, 1.82) is 0 Å². The first-order valence-corrected chi connectivity index (χ1v) is 6.25. The van der Waals surface area contributed by atoms with Crippen molar-refractivity contribution in [3.05, 3.63) is 51.9 Å². The number of amides is 1. The average Bonchev–Trinajstić information content (AvgIpc) is 2.36. The van der Waals surface area contributed by atoms with Crippen molar-refractivity contribution in [2.75, 3.05) is 11.1 Å². The van der Waals surface area contributed by atoms with Crippen LogP contribution in [0.15, 0.2) is 34.9 Å². The van der Waals surface area contributed by atoms with Gasteiger partial charge in [0.1, 0.15) is 11.6 Å². The molecule has 0 aliphatic carbocycles. The standard InChI is InChI=1S/C13H11BrFN3O/c1-7-4-12(17-6-10(7)14)18-13(19)9-5-8(16)2-3-11(9)15/h2-6H,16H2,1H3,(H,17,18,19). The van der Waals surface area contributed by atoms with Gasteiger partial charge in [-0.05, 0) is 52.7 Å². The van der Waals surface area contributed by atoms with Crippen LogP contribution in [-0.2, 0) is 0 Å². The number of nitrogens with one attached hydrogen (secondary N) is 1. The maximum absolute atomic E-state index is 13.5. The molecule has 1 heterocycles. The molecule has 0 aliphatic rings. The van der Waals surface area contributed by atoms with E-state index in [-0.39, 0.29) is 5.56 Å². The number of hydrogen-bond donors (Lipinski definition) is 2. The van der Waals surface area contributed by atoms with Crippen LogP contribution < -0.4 is 11.1 Å². The van der Waals surface area contributed by atoms with Gasteiger partial charge in [-0.2, -0.15) is 0 Å². The van der Waals surface area contributed by atoms with E-state index in [0.717, 1.165) is 16.1 Å². The Bertz CT molecular complexity index is 646. The molecule has 98 valence electrons. The summed E-state index contributed by atoms with van der Waals surface area (Å²) in [6.45, 7) is 1.86. The number of rotatable bonds is 2. The van der Waals surface area contributed by atoms with E-state index in [2.05, 4.69) is 26.2 Å². The van der Waals surface area contributed by atoms with Crippen molar-refractivity contribution in [3.8, 4) is 0 Å². The zero-order valence-corrected chi connectivity index (χ0v) is 11.7. The molecule has 19 heavy (non-hydrogen) atoms. The average molecular weight is 324 g/mol. The minimum absolute atomic E-state index is 0.109. The number of nitrogens with two attached hydrogens (primary N) is 1. The van der Waals surface area contributed by atoms with E-state index in [1.54, 1.807) is 12.3 Å². The van der Waals surface area contributed by atoms with E-state index in [0.29, 0.717) is 11.5 Å². The molecule has 0 bridgehead atoms. The van der Waals surface area contributed by atoms with Crippen LogP contribution in [0.25, 0.3) is 0 Å². The van der Waals surface area contributed by atoms with E-state index in [1.807, 2.05) is 6.92 Å². The predicted octanol–water partition coefficient (Wildman–Crippen LogP) is 3.13. The number of anilines is 2. The molecule has 0 atom stereocenters. The van der Waals surface area contributed by atoms with Gasteiger partial charge in [-0.15, -0.1) is 0 Å². The Morgan fingerprint density at radius 2 is 2.16 bits per heavy atom. The summed E-state index contributed by atoms with van der Waals surface area (Å²) in [5, 5.41) is 2.53. The Hall–Kier alpha value is -1.95. The number of halogens is 2. The van der Waals surface area contributed by atoms with E-state index in [4.69, 9.17) is 5.73 Å². The fourth-order valence-electron chi connectivity index (χ4n) is 1.51. The van der Waals surface area contributed by atoms with Crippen molar-refractivity contribution >= 4 is 33.3 Å². The third-order valence-electron chi connectivity index (χ3n) is 2.52. The second kappa shape index (κ2) is 5.36. The quantitative estimate of drug-likeness (QED) is 0.834. The molecule has 0 spiro atoms. The molecule has 0 saturated carbocycles. The fraction of sp³-hybridized carbons (Fsp3) is 0.0769. The second-order valence-corrected chi connectivity index (χ2v) is 4.87. The van der Waals surface area contributed by atoms with Crippen LogP contribution in [0.1, 0.15) is 15.9 Å². The minimum Gasteiger partial charge on any atom is -0.399 e. The summed E-state index contributed by atoms with van der Waals surface area (Å²) in [6, 6.07) is 5.53. The molecular formula is C13H11BrFN3O. The van der Waals surface area contributed by atoms with Gasteiger partial charge in [0.15, 0.2) is 0 Å². The third-order valence-corrected chi connectivity index (χ3v) is 3.35. The Kier molecular flexibility index (Phi) is 3.80. The Labute approximate surface area is 118 Å². The molecule has 0 saturated heterocycles. The SMILES string of the molecule is Cc1cc(NC(=O)c2cc(N)ccc2F)ncc1Br. The third kappa shape index (κ3) is 3.08. The predicted molar refractivity (Wildman–Crippen MR) is 75.4 cm³/mol. The molecule has 1 amide bonds. The van der Waals surface area contributed by atoms with Gasteiger partial charge in [-0.3, -0.25) is 4.79 Å². The monoisotopic (exact) mass is 323 g/mol. The van der Waals surface area contributed by atoms with Crippen LogP contribution in [0.2, 0.25) is 0 Å². The molecule has 1 aromatic heterocycles. The summed E-state index contributed by atoms with van der Waals surface area (Å²) in [5.41, 5.74) is 6.67. The normalized spacial score (nSPS) is 10.3. The van der Waals surface area contributed by atoms with E-state index < -0.39 is 11.7 Å². The number of pyridine rings is 1. The minimum atomic E-state index is -0.625. The molecule has 0 unspecified atom stereocenters. The zero-order valence-electron chi connectivity index (χ0n) is 10.1. The van der Waals surface area contributed by atoms with Crippen molar-refractivity contribution in [2.45, 2.75) is 6.92 Å². The van der Waals surface area contributed by atoms with Gasteiger partial charge in [0.05, 0.1) is 5.56 Å². The summed E-state index contributed by atoms with van der Waals surface area (Å²) in [6.07, 6.45) is 1.57. The van der Waals surface area contributed by atoms with Crippen LogP contribution in [0.5, 0.6) is 0 Å². The maximum atomic E-state index is 13.5. The van der Waals surface area contributed by atoms with Gasteiger partial charge in [0, 0.05) is 16.4 Å². The highest BCUT2D eigenvalue weighted by molar-refractivity contribution is 9.10. The molecule has 0 fully saturated rings. The fourth-order valence-corrected chi connectivity index (χ4v) is 1.73. The zero-order chi connectivity index (χ0) is 14.0.